The van der Waals surface area contributed by atoms with Gasteiger partial charge in [0.25, 0.3) is 0 Å². The van der Waals surface area contributed by atoms with Crippen molar-refractivity contribution < 1.29 is 13.9 Å². The van der Waals surface area contributed by atoms with Crippen LogP contribution in [-0.4, -0.2) is 42.8 Å². The first-order valence-electron chi connectivity index (χ1n) is 10.9. The number of ether oxygens (including phenoxy) is 1. The molecule has 166 valence electrons. The first-order valence-corrected chi connectivity index (χ1v) is 10.9. The minimum absolute atomic E-state index is 0.0711. The monoisotopic (exact) mass is 434 g/mol. The highest BCUT2D eigenvalue weighted by Crippen LogP contribution is 2.23. The Hall–Kier alpha value is -3.48. The average Bonchev–Trinajstić information content (AvgIpc) is 2.85. The number of piperidine rings is 1. The van der Waals surface area contributed by atoms with Crippen molar-refractivity contribution in [2.45, 2.75) is 19.3 Å². The minimum atomic E-state index is -0.278. The summed E-state index contributed by atoms with van der Waals surface area (Å²) in [6.45, 7) is 2.08. The topological polar surface area (TPSA) is 67.3 Å². The second-order valence-corrected chi connectivity index (χ2v) is 7.96. The van der Waals surface area contributed by atoms with Crippen LogP contribution in [0, 0.1) is 11.7 Å². The molecular weight excluding hydrogens is 407 g/mol. The summed E-state index contributed by atoms with van der Waals surface area (Å²) in [4.78, 5) is 14.8. The molecule has 2 heterocycles. The van der Waals surface area contributed by atoms with Crippen molar-refractivity contribution in [3.8, 4) is 17.0 Å². The average molecular weight is 435 g/mol. The first-order chi connectivity index (χ1) is 15.6. The smallest absolute Gasteiger partial charge is 0.224 e. The van der Waals surface area contributed by atoms with Crippen LogP contribution in [0.1, 0.15) is 18.4 Å². The van der Waals surface area contributed by atoms with Crippen LogP contribution in [0.15, 0.2) is 60.7 Å². The van der Waals surface area contributed by atoms with Crippen molar-refractivity contribution in [2.24, 2.45) is 5.92 Å². The van der Waals surface area contributed by atoms with Crippen LogP contribution < -0.4 is 15.0 Å². The van der Waals surface area contributed by atoms with Gasteiger partial charge < -0.3 is 15.0 Å². The molecule has 0 radical (unpaired) electrons. The van der Waals surface area contributed by atoms with Gasteiger partial charge in [0, 0.05) is 25.2 Å². The van der Waals surface area contributed by atoms with E-state index >= 15 is 0 Å². The highest BCUT2D eigenvalue weighted by Gasteiger charge is 2.26. The van der Waals surface area contributed by atoms with Gasteiger partial charge in [-0.3, -0.25) is 4.79 Å². The van der Waals surface area contributed by atoms with Crippen LogP contribution in [0.4, 0.5) is 10.2 Å². The van der Waals surface area contributed by atoms with Crippen LogP contribution in [-0.2, 0) is 11.2 Å². The van der Waals surface area contributed by atoms with Gasteiger partial charge in [0.2, 0.25) is 5.91 Å². The molecule has 0 bridgehead atoms. The molecule has 7 heteroatoms. The molecule has 4 rings (SSSR count). The highest BCUT2D eigenvalue weighted by molar-refractivity contribution is 5.79. The van der Waals surface area contributed by atoms with E-state index in [4.69, 9.17) is 4.74 Å². The van der Waals surface area contributed by atoms with Gasteiger partial charge >= 0.3 is 0 Å². The fraction of sp³-hybridized carbons (Fsp3) is 0.320. The molecule has 1 N–H and O–H groups in total. The molecule has 0 saturated carbocycles. The third kappa shape index (κ3) is 5.41. The molecule has 0 aliphatic carbocycles. The van der Waals surface area contributed by atoms with Crippen LogP contribution in [0.3, 0.4) is 0 Å². The number of amides is 1. The van der Waals surface area contributed by atoms with Gasteiger partial charge in [0.15, 0.2) is 5.82 Å². The van der Waals surface area contributed by atoms with E-state index in [2.05, 4.69) is 20.4 Å². The molecule has 1 unspecified atom stereocenters. The number of anilines is 1. The maximum absolute atomic E-state index is 13.1. The van der Waals surface area contributed by atoms with E-state index in [0.717, 1.165) is 48.5 Å². The molecule has 1 aliphatic rings. The molecule has 1 aromatic heterocycles. The predicted molar refractivity (Wildman–Crippen MR) is 122 cm³/mol. The van der Waals surface area contributed by atoms with Crippen LogP contribution in [0.5, 0.6) is 5.75 Å². The zero-order valence-corrected chi connectivity index (χ0v) is 18.1. The summed E-state index contributed by atoms with van der Waals surface area (Å²) in [6.07, 6.45) is 2.58. The third-order valence-electron chi connectivity index (χ3n) is 5.78. The Morgan fingerprint density at radius 3 is 2.56 bits per heavy atom. The van der Waals surface area contributed by atoms with E-state index in [0.29, 0.717) is 18.8 Å². The fourth-order valence-corrected chi connectivity index (χ4v) is 3.93. The maximum atomic E-state index is 13.1. The number of nitrogens with one attached hydrogen (secondary N) is 1. The number of aromatic nitrogens is 2. The quantitative estimate of drug-likeness (QED) is 0.612. The number of carbonyl (C=O) groups is 1. The number of hydrogen-bond acceptors (Lipinski definition) is 5. The van der Waals surface area contributed by atoms with Crippen LogP contribution >= 0.6 is 0 Å². The molecule has 1 aliphatic heterocycles. The Morgan fingerprint density at radius 2 is 1.88 bits per heavy atom. The molecule has 2 aromatic carbocycles. The summed E-state index contributed by atoms with van der Waals surface area (Å²) in [7, 11) is 1.65. The Morgan fingerprint density at radius 1 is 1.09 bits per heavy atom. The number of benzene rings is 2. The van der Waals surface area contributed by atoms with Gasteiger partial charge in [-0.2, -0.15) is 0 Å². The number of nitrogens with zero attached hydrogens (tertiary/aromatic N) is 3. The summed E-state index contributed by atoms with van der Waals surface area (Å²) in [5.41, 5.74) is 2.67. The van der Waals surface area contributed by atoms with E-state index in [1.54, 1.807) is 19.2 Å². The highest BCUT2D eigenvalue weighted by atomic mass is 19.1. The van der Waals surface area contributed by atoms with E-state index in [1.807, 2.05) is 36.4 Å². The Kier molecular flexibility index (Phi) is 6.94. The van der Waals surface area contributed by atoms with Crippen molar-refractivity contribution in [1.29, 1.82) is 0 Å². The fourth-order valence-electron chi connectivity index (χ4n) is 3.93. The van der Waals surface area contributed by atoms with Crippen molar-refractivity contribution in [1.82, 2.24) is 15.5 Å². The SMILES string of the molecule is COc1ccc(CCNC(=O)C2CCCN(c3ccc(-c4ccc(F)cc4)nn3)C2)cc1. The van der Waals surface area contributed by atoms with Crippen molar-refractivity contribution in [3.05, 3.63) is 72.0 Å². The van der Waals surface area contributed by atoms with E-state index in [9.17, 15) is 9.18 Å². The van der Waals surface area contributed by atoms with Gasteiger partial charge in [-0.15, -0.1) is 10.2 Å². The van der Waals surface area contributed by atoms with Gasteiger partial charge in [-0.1, -0.05) is 12.1 Å². The van der Waals surface area contributed by atoms with Gasteiger partial charge in [-0.05, 0) is 73.4 Å². The van der Waals surface area contributed by atoms with Crippen molar-refractivity contribution >= 4 is 11.7 Å². The Labute approximate surface area is 187 Å². The molecule has 6 nitrogen and oxygen atoms in total. The summed E-state index contributed by atoms with van der Waals surface area (Å²) >= 11 is 0. The number of methoxy groups -OCH3 is 1. The van der Waals surface area contributed by atoms with Gasteiger partial charge in [-0.25, -0.2) is 4.39 Å². The molecule has 1 amide bonds. The standard InChI is InChI=1S/C25H27FN4O2/c1-32-22-10-4-18(5-11-22)14-15-27-25(31)20-3-2-16-30(17-20)24-13-12-23(28-29-24)19-6-8-21(26)9-7-19/h4-13,20H,2-3,14-17H2,1H3,(H,27,31). The molecule has 0 spiro atoms. The van der Waals surface area contributed by atoms with Gasteiger partial charge in [0.1, 0.15) is 11.6 Å². The van der Waals surface area contributed by atoms with E-state index in [1.165, 1.54) is 12.1 Å². The lowest BCUT2D eigenvalue weighted by Crippen LogP contribution is -2.43. The third-order valence-corrected chi connectivity index (χ3v) is 5.78. The lowest BCUT2D eigenvalue weighted by Gasteiger charge is -2.32. The Balaban J connectivity index is 1.30. The van der Waals surface area contributed by atoms with Crippen molar-refractivity contribution in [2.75, 3.05) is 31.6 Å². The number of carbonyl (C=O) groups excluding carboxylic acids is 1. The zero-order valence-electron chi connectivity index (χ0n) is 18.1. The molecule has 32 heavy (non-hydrogen) atoms. The van der Waals surface area contributed by atoms with E-state index in [-0.39, 0.29) is 17.6 Å². The number of halogens is 1. The van der Waals surface area contributed by atoms with Crippen molar-refractivity contribution in [3.63, 3.8) is 0 Å². The second-order valence-electron chi connectivity index (χ2n) is 7.96. The predicted octanol–water partition coefficient (Wildman–Crippen LogP) is 3.87. The number of hydrogen-bond donors (Lipinski definition) is 1. The summed E-state index contributed by atoms with van der Waals surface area (Å²) in [5.74, 6) is 1.32. The van der Waals surface area contributed by atoms with Crippen LogP contribution in [0.2, 0.25) is 0 Å². The lowest BCUT2D eigenvalue weighted by molar-refractivity contribution is -0.125. The van der Waals surface area contributed by atoms with Gasteiger partial charge in [0.05, 0.1) is 18.7 Å². The second kappa shape index (κ2) is 10.2. The molecule has 1 atom stereocenters. The zero-order chi connectivity index (χ0) is 22.3. The summed E-state index contributed by atoms with van der Waals surface area (Å²) < 4.78 is 18.3. The normalized spacial score (nSPS) is 15.9. The minimum Gasteiger partial charge on any atom is -0.497 e. The molecule has 1 saturated heterocycles. The summed E-state index contributed by atoms with van der Waals surface area (Å²) in [5, 5.41) is 11.7. The Bertz CT molecular complexity index is 1020. The first kappa shape index (κ1) is 21.7. The molecular formula is C25H27FN4O2. The molecule has 1 fully saturated rings. The molecule has 3 aromatic rings. The largest absolute Gasteiger partial charge is 0.497 e. The lowest BCUT2D eigenvalue weighted by atomic mass is 9.97. The summed E-state index contributed by atoms with van der Waals surface area (Å²) in [6, 6.07) is 17.9. The number of rotatable bonds is 7. The van der Waals surface area contributed by atoms with Crippen LogP contribution in [0.25, 0.3) is 11.3 Å². The van der Waals surface area contributed by atoms with E-state index < -0.39 is 0 Å². The maximum Gasteiger partial charge on any atom is 0.224 e.